The molecule has 0 aromatic heterocycles. The van der Waals surface area contributed by atoms with E-state index in [2.05, 4.69) is 10.6 Å². The predicted octanol–water partition coefficient (Wildman–Crippen LogP) is 2.65. The molecule has 0 aliphatic carbocycles. The summed E-state index contributed by atoms with van der Waals surface area (Å²) in [5, 5.41) is 6.92. The standard InChI is InChI=1S/C16H26N2O3.2ClH/c1-19-14-8-13(9-15(20-2)16(14)21-3)11-18-10-12-4-6-17-7-5-12;;/h8-9,12,17-18H,4-7,10-11H2,1-3H3;2*1H. The zero-order chi connectivity index (χ0) is 15.1. The van der Waals surface area contributed by atoms with Gasteiger partial charge in [0.05, 0.1) is 21.3 Å². The highest BCUT2D eigenvalue weighted by atomic mass is 35.5. The molecule has 134 valence electrons. The Balaban J connectivity index is 0.00000242. The minimum Gasteiger partial charge on any atom is -0.493 e. The minimum atomic E-state index is 0. The molecule has 0 unspecified atom stereocenters. The molecule has 0 saturated carbocycles. The fraction of sp³-hybridized carbons (Fsp3) is 0.625. The molecule has 0 spiro atoms. The molecular weight excluding hydrogens is 339 g/mol. The highest BCUT2D eigenvalue weighted by molar-refractivity contribution is 5.85. The summed E-state index contributed by atoms with van der Waals surface area (Å²) >= 11 is 0. The van der Waals surface area contributed by atoms with E-state index in [1.807, 2.05) is 12.1 Å². The van der Waals surface area contributed by atoms with Crippen LogP contribution in [0.3, 0.4) is 0 Å². The Labute approximate surface area is 151 Å². The number of hydrogen-bond donors (Lipinski definition) is 2. The van der Waals surface area contributed by atoms with Gasteiger partial charge in [0.1, 0.15) is 0 Å². The van der Waals surface area contributed by atoms with Crippen LogP contribution in [0.2, 0.25) is 0 Å². The monoisotopic (exact) mass is 366 g/mol. The topological polar surface area (TPSA) is 51.8 Å². The van der Waals surface area contributed by atoms with Gasteiger partial charge in [0.2, 0.25) is 5.75 Å². The summed E-state index contributed by atoms with van der Waals surface area (Å²) in [5.41, 5.74) is 1.14. The third-order valence-corrected chi connectivity index (χ3v) is 3.95. The number of rotatable bonds is 7. The van der Waals surface area contributed by atoms with Crippen LogP contribution in [-0.4, -0.2) is 41.0 Å². The molecule has 1 heterocycles. The first kappa shape index (κ1) is 22.1. The van der Waals surface area contributed by atoms with Gasteiger partial charge in [-0.1, -0.05) is 0 Å². The molecule has 0 radical (unpaired) electrons. The number of nitrogens with one attached hydrogen (secondary N) is 2. The molecule has 1 saturated heterocycles. The van der Waals surface area contributed by atoms with Crippen LogP contribution in [0.1, 0.15) is 18.4 Å². The largest absolute Gasteiger partial charge is 0.493 e. The molecule has 23 heavy (non-hydrogen) atoms. The predicted molar refractivity (Wildman–Crippen MR) is 97.9 cm³/mol. The molecule has 2 N–H and O–H groups in total. The van der Waals surface area contributed by atoms with Gasteiger partial charge in [0.25, 0.3) is 0 Å². The number of methoxy groups -OCH3 is 3. The molecule has 0 amide bonds. The van der Waals surface area contributed by atoms with Crippen LogP contribution in [-0.2, 0) is 6.54 Å². The molecule has 1 aromatic carbocycles. The van der Waals surface area contributed by atoms with E-state index >= 15 is 0 Å². The number of piperidine rings is 1. The Bertz CT molecular complexity index is 430. The maximum Gasteiger partial charge on any atom is 0.203 e. The second kappa shape index (κ2) is 11.6. The molecular formula is C16H28Cl2N2O3. The van der Waals surface area contributed by atoms with Crippen molar-refractivity contribution in [1.82, 2.24) is 10.6 Å². The summed E-state index contributed by atoms with van der Waals surface area (Å²) in [6, 6.07) is 3.99. The molecule has 1 aromatic rings. The smallest absolute Gasteiger partial charge is 0.203 e. The Morgan fingerprint density at radius 3 is 2.04 bits per heavy atom. The van der Waals surface area contributed by atoms with Gasteiger partial charge in [0.15, 0.2) is 11.5 Å². The van der Waals surface area contributed by atoms with Crippen LogP contribution >= 0.6 is 24.8 Å². The van der Waals surface area contributed by atoms with Crippen molar-refractivity contribution in [3.05, 3.63) is 17.7 Å². The second-order valence-electron chi connectivity index (χ2n) is 5.36. The number of benzene rings is 1. The van der Waals surface area contributed by atoms with E-state index in [0.29, 0.717) is 17.2 Å². The highest BCUT2D eigenvalue weighted by Gasteiger charge is 2.14. The van der Waals surface area contributed by atoms with Crippen LogP contribution in [0.15, 0.2) is 12.1 Å². The molecule has 1 fully saturated rings. The first-order valence-electron chi connectivity index (χ1n) is 7.48. The van der Waals surface area contributed by atoms with E-state index in [1.165, 1.54) is 12.8 Å². The summed E-state index contributed by atoms with van der Waals surface area (Å²) in [6.45, 7) is 4.13. The van der Waals surface area contributed by atoms with Crippen LogP contribution in [0.5, 0.6) is 17.2 Å². The van der Waals surface area contributed by atoms with Gasteiger partial charge in [-0.3, -0.25) is 0 Å². The molecule has 0 atom stereocenters. The number of ether oxygens (including phenoxy) is 3. The van der Waals surface area contributed by atoms with Crippen molar-refractivity contribution < 1.29 is 14.2 Å². The van der Waals surface area contributed by atoms with Crippen LogP contribution < -0.4 is 24.8 Å². The summed E-state index contributed by atoms with van der Waals surface area (Å²) in [4.78, 5) is 0. The Kier molecular flexibility index (Phi) is 11.2. The van der Waals surface area contributed by atoms with Crippen molar-refractivity contribution in [2.45, 2.75) is 19.4 Å². The van der Waals surface area contributed by atoms with Crippen molar-refractivity contribution in [3.63, 3.8) is 0 Å². The van der Waals surface area contributed by atoms with Gasteiger partial charge >= 0.3 is 0 Å². The lowest BCUT2D eigenvalue weighted by Gasteiger charge is -2.23. The molecule has 1 aliphatic rings. The summed E-state index contributed by atoms with van der Waals surface area (Å²) in [6.07, 6.45) is 2.50. The molecule has 7 heteroatoms. The maximum atomic E-state index is 5.37. The van der Waals surface area contributed by atoms with Crippen molar-refractivity contribution >= 4 is 24.8 Å². The third kappa shape index (κ3) is 6.26. The summed E-state index contributed by atoms with van der Waals surface area (Å²) in [5.74, 6) is 2.82. The van der Waals surface area contributed by atoms with Crippen molar-refractivity contribution in [1.29, 1.82) is 0 Å². The first-order chi connectivity index (χ1) is 10.3. The van der Waals surface area contributed by atoms with Gasteiger partial charge in [-0.15, -0.1) is 24.8 Å². The molecule has 5 nitrogen and oxygen atoms in total. The lowest BCUT2D eigenvalue weighted by molar-refractivity contribution is 0.323. The van der Waals surface area contributed by atoms with Gasteiger partial charge in [-0.2, -0.15) is 0 Å². The Morgan fingerprint density at radius 1 is 1.00 bits per heavy atom. The Morgan fingerprint density at radius 2 is 1.57 bits per heavy atom. The fourth-order valence-corrected chi connectivity index (χ4v) is 2.74. The molecule has 0 bridgehead atoms. The third-order valence-electron chi connectivity index (χ3n) is 3.95. The van der Waals surface area contributed by atoms with E-state index in [0.717, 1.165) is 37.7 Å². The van der Waals surface area contributed by atoms with Crippen molar-refractivity contribution in [3.8, 4) is 17.2 Å². The maximum absolute atomic E-state index is 5.37. The van der Waals surface area contributed by atoms with Gasteiger partial charge < -0.3 is 24.8 Å². The zero-order valence-electron chi connectivity index (χ0n) is 14.0. The fourth-order valence-electron chi connectivity index (χ4n) is 2.74. The van der Waals surface area contributed by atoms with Crippen molar-refractivity contribution in [2.75, 3.05) is 41.0 Å². The lowest BCUT2D eigenvalue weighted by Crippen LogP contribution is -2.33. The first-order valence-corrected chi connectivity index (χ1v) is 7.48. The van der Waals surface area contributed by atoms with E-state index in [9.17, 15) is 0 Å². The van der Waals surface area contributed by atoms with Gasteiger partial charge in [-0.25, -0.2) is 0 Å². The molecule has 1 aliphatic heterocycles. The lowest BCUT2D eigenvalue weighted by atomic mass is 9.98. The van der Waals surface area contributed by atoms with Gasteiger partial charge in [-0.05, 0) is 56.1 Å². The van der Waals surface area contributed by atoms with Crippen LogP contribution in [0, 0.1) is 5.92 Å². The van der Waals surface area contributed by atoms with Gasteiger partial charge in [0, 0.05) is 6.54 Å². The van der Waals surface area contributed by atoms with E-state index in [1.54, 1.807) is 21.3 Å². The zero-order valence-corrected chi connectivity index (χ0v) is 15.6. The average molecular weight is 367 g/mol. The summed E-state index contributed by atoms with van der Waals surface area (Å²) < 4.78 is 16.1. The summed E-state index contributed by atoms with van der Waals surface area (Å²) in [7, 11) is 4.91. The van der Waals surface area contributed by atoms with Crippen molar-refractivity contribution in [2.24, 2.45) is 5.92 Å². The van der Waals surface area contributed by atoms with Crippen LogP contribution in [0.4, 0.5) is 0 Å². The quantitative estimate of drug-likeness (QED) is 0.776. The average Bonchev–Trinajstić information content (AvgIpc) is 2.54. The number of halogens is 2. The SMILES string of the molecule is COc1cc(CNCC2CCNCC2)cc(OC)c1OC.Cl.Cl. The van der Waals surface area contributed by atoms with E-state index < -0.39 is 0 Å². The normalized spacial score (nSPS) is 14.4. The Hall–Kier alpha value is -0.880. The highest BCUT2D eigenvalue weighted by Crippen LogP contribution is 2.38. The van der Waals surface area contributed by atoms with E-state index in [4.69, 9.17) is 14.2 Å². The van der Waals surface area contributed by atoms with Crippen LogP contribution in [0.25, 0.3) is 0 Å². The number of hydrogen-bond acceptors (Lipinski definition) is 5. The second-order valence-corrected chi connectivity index (χ2v) is 5.36. The minimum absolute atomic E-state index is 0. The molecule has 2 rings (SSSR count). The van der Waals surface area contributed by atoms with E-state index in [-0.39, 0.29) is 24.8 Å².